The monoisotopic (exact) mass is 711 g/mol. The lowest BCUT2D eigenvalue weighted by molar-refractivity contribution is -0.295. The number of nitrogens with zero attached hydrogens (tertiary/aromatic N) is 2. The zero-order valence-electron chi connectivity index (χ0n) is 34.9. The molecule has 0 aromatic rings. The van der Waals surface area contributed by atoms with Crippen molar-refractivity contribution in [3.63, 3.8) is 0 Å². The first-order chi connectivity index (χ1) is 24.5. The molecule has 50 heavy (non-hydrogen) atoms. The van der Waals surface area contributed by atoms with E-state index in [9.17, 15) is 0 Å². The van der Waals surface area contributed by atoms with Crippen LogP contribution in [0.4, 0.5) is 0 Å². The van der Waals surface area contributed by atoms with Gasteiger partial charge in [-0.05, 0) is 90.4 Å². The minimum Gasteiger partial charge on any atom is -0.307 e. The summed E-state index contributed by atoms with van der Waals surface area (Å²) in [6.07, 6.45) is 39.3. The van der Waals surface area contributed by atoms with Crippen LogP contribution in [0.2, 0.25) is 0 Å². The van der Waals surface area contributed by atoms with E-state index in [0.717, 1.165) is 62.8 Å². The van der Waals surface area contributed by atoms with Crippen LogP contribution in [-0.4, -0.2) is 77.5 Å². The van der Waals surface area contributed by atoms with Crippen molar-refractivity contribution in [2.75, 3.05) is 67.7 Å². The number of unbranched alkanes of at least 4 members (excludes halogenated alkanes) is 18. The van der Waals surface area contributed by atoms with Crippen molar-refractivity contribution < 1.29 is 19.6 Å². The fourth-order valence-electron chi connectivity index (χ4n) is 8.36. The van der Waals surface area contributed by atoms with E-state index in [2.05, 4.69) is 51.8 Å². The van der Waals surface area contributed by atoms with E-state index in [1.54, 1.807) is 0 Å². The molecule has 0 amide bonds. The lowest BCUT2D eigenvalue weighted by Crippen LogP contribution is -2.35. The van der Waals surface area contributed by atoms with E-state index in [1.807, 2.05) is 0 Å². The highest BCUT2D eigenvalue weighted by atomic mass is 17.2. The van der Waals surface area contributed by atoms with Crippen molar-refractivity contribution in [1.29, 1.82) is 0 Å². The Bertz CT molecular complexity index is 678. The van der Waals surface area contributed by atoms with Gasteiger partial charge in [0, 0.05) is 13.1 Å². The molecule has 1 fully saturated rings. The van der Waals surface area contributed by atoms with Crippen molar-refractivity contribution in [1.82, 2.24) is 9.80 Å². The summed E-state index contributed by atoms with van der Waals surface area (Å²) in [7, 11) is 8.24. The highest BCUT2D eigenvalue weighted by Gasteiger charge is 2.37. The molecule has 0 bridgehead atoms. The maximum Gasteiger partial charge on any atom is 0.0949 e. The molecule has 0 aromatic carbocycles. The molecule has 0 N–H and O–H groups in total. The molecule has 1 rings (SSSR count). The Labute approximate surface area is 313 Å². The molecule has 300 valence electrons. The molecule has 4 atom stereocenters. The van der Waals surface area contributed by atoms with Crippen LogP contribution in [0.1, 0.15) is 194 Å². The Hall–Kier alpha value is -0.240. The molecule has 0 aromatic heterocycles. The highest BCUT2D eigenvalue weighted by molar-refractivity contribution is 4.88. The van der Waals surface area contributed by atoms with Gasteiger partial charge in [0.25, 0.3) is 0 Å². The van der Waals surface area contributed by atoms with Crippen LogP contribution in [0.25, 0.3) is 0 Å². The zero-order chi connectivity index (χ0) is 36.3. The average Bonchev–Trinajstić information content (AvgIpc) is 3.09. The smallest absolute Gasteiger partial charge is 0.0949 e. The zero-order valence-corrected chi connectivity index (χ0v) is 34.9. The van der Waals surface area contributed by atoms with Gasteiger partial charge in [-0.1, -0.05) is 155 Å². The van der Waals surface area contributed by atoms with Crippen LogP contribution in [-0.2, 0) is 19.6 Å². The average molecular weight is 711 g/mol. The molecule has 1 aliphatic carbocycles. The van der Waals surface area contributed by atoms with E-state index in [-0.39, 0.29) is 0 Å². The number of hydrogen-bond acceptors (Lipinski definition) is 6. The van der Waals surface area contributed by atoms with E-state index in [0.29, 0.717) is 13.2 Å². The molecule has 0 saturated heterocycles. The lowest BCUT2D eigenvalue weighted by atomic mass is 9.61. The second-order valence-electron chi connectivity index (χ2n) is 16.5. The molecular formula is C44H90N2O4. The lowest BCUT2D eigenvalue weighted by Gasteiger charge is -2.44. The molecule has 0 radical (unpaired) electrons. The summed E-state index contributed by atoms with van der Waals surface area (Å²) in [5.74, 6) is 3.98. The molecule has 1 aliphatic rings. The maximum absolute atomic E-state index is 5.36. The minimum atomic E-state index is 0.652. The number of hydrogen-bond donors (Lipinski definition) is 0. The largest absolute Gasteiger partial charge is 0.307 e. The highest BCUT2D eigenvalue weighted by Crippen LogP contribution is 2.47. The van der Waals surface area contributed by atoms with Crippen LogP contribution in [0.15, 0.2) is 0 Å². The second-order valence-corrected chi connectivity index (χ2v) is 16.5. The summed E-state index contributed by atoms with van der Waals surface area (Å²) in [4.78, 5) is 25.5. The summed E-state index contributed by atoms with van der Waals surface area (Å²) in [5, 5.41) is 0. The van der Waals surface area contributed by atoms with Crippen molar-refractivity contribution >= 4 is 0 Å². The number of rotatable bonds is 38. The third kappa shape index (κ3) is 28.3. The fraction of sp³-hybridized carbons (Fsp3) is 1.00. The van der Waals surface area contributed by atoms with Gasteiger partial charge in [0.05, 0.1) is 26.4 Å². The molecular weight excluding hydrogens is 620 g/mol. The molecule has 0 spiro atoms. The van der Waals surface area contributed by atoms with Crippen molar-refractivity contribution in [2.45, 2.75) is 194 Å². The Morgan fingerprint density at radius 2 is 0.660 bits per heavy atom. The van der Waals surface area contributed by atoms with Gasteiger partial charge < -0.3 is 9.80 Å². The molecule has 0 heterocycles. The van der Waals surface area contributed by atoms with Gasteiger partial charge in [-0.2, -0.15) is 0 Å². The Morgan fingerprint density at radius 1 is 0.360 bits per heavy atom. The molecule has 6 nitrogen and oxygen atoms in total. The summed E-state index contributed by atoms with van der Waals surface area (Å²) in [6, 6.07) is 0. The number of likely N-dealkylation sites (N-methyl/N-ethyl adjacent to an activating group) is 2. The summed E-state index contributed by atoms with van der Waals surface area (Å²) >= 11 is 0. The van der Waals surface area contributed by atoms with Gasteiger partial charge in [0.1, 0.15) is 0 Å². The summed E-state index contributed by atoms with van der Waals surface area (Å²) < 4.78 is 0. The van der Waals surface area contributed by atoms with Gasteiger partial charge >= 0.3 is 0 Å². The van der Waals surface area contributed by atoms with E-state index >= 15 is 0 Å². The SMILES string of the molecule is CCCCCCC1CC[C@@H](CCCCCCCCOOCCN(C)C)C(CCCCCCCCCCOOCCN(C)C)C1CCCCCC. The fourth-order valence-corrected chi connectivity index (χ4v) is 8.36. The van der Waals surface area contributed by atoms with Crippen LogP contribution in [0.5, 0.6) is 0 Å². The van der Waals surface area contributed by atoms with Crippen LogP contribution in [0, 0.1) is 23.7 Å². The predicted octanol–water partition coefficient (Wildman–Crippen LogP) is 12.4. The molecule has 3 unspecified atom stereocenters. The first kappa shape index (κ1) is 47.8. The Morgan fingerprint density at radius 3 is 1.02 bits per heavy atom. The maximum atomic E-state index is 5.36. The normalized spacial score (nSPS) is 19.7. The van der Waals surface area contributed by atoms with Gasteiger partial charge in [-0.25, -0.2) is 19.6 Å². The topological polar surface area (TPSA) is 43.4 Å². The van der Waals surface area contributed by atoms with Crippen LogP contribution < -0.4 is 0 Å². The van der Waals surface area contributed by atoms with Crippen molar-refractivity contribution in [3.8, 4) is 0 Å². The third-order valence-electron chi connectivity index (χ3n) is 11.5. The molecule has 1 saturated carbocycles. The second kappa shape index (κ2) is 35.8. The third-order valence-corrected chi connectivity index (χ3v) is 11.5. The van der Waals surface area contributed by atoms with Crippen molar-refractivity contribution in [3.05, 3.63) is 0 Å². The minimum absolute atomic E-state index is 0.652. The summed E-state index contributed by atoms with van der Waals surface area (Å²) in [6.45, 7) is 9.32. The summed E-state index contributed by atoms with van der Waals surface area (Å²) in [5.41, 5.74) is 0. The van der Waals surface area contributed by atoms with Crippen LogP contribution in [0.3, 0.4) is 0 Å². The quantitative estimate of drug-likeness (QED) is 0.0361. The predicted molar refractivity (Wildman–Crippen MR) is 215 cm³/mol. The van der Waals surface area contributed by atoms with E-state index in [4.69, 9.17) is 19.6 Å². The van der Waals surface area contributed by atoms with E-state index in [1.165, 1.54) is 167 Å². The molecule has 0 aliphatic heterocycles. The standard InChI is InChI=1S/C44H90N2O4/c1-7-9-11-23-29-41-33-34-42(30-24-19-16-18-22-28-38-48-50-40-36-46(5)6)44(43(41)31-25-12-10-8-2)32-26-20-15-13-14-17-21-27-37-47-49-39-35-45(3)4/h41-44H,7-40H2,1-6H3/t41?,42-,43?,44?/m1/s1. The first-order valence-corrected chi connectivity index (χ1v) is 22.3. The van der Waals surface area contributed by atoms with Gasteiger partial charge in [0.15, 0.2) is 0 Å². The van der Waals surface area contributed by atoms with E-state index < -0.39 is 0 Å². The first-order valence-electron chi connectivity index (χ1n) is 22.3. The Kier molecular flexibility index (Phi) is 34.2. The van der Waals surface area contributed by atoms with Gasteiger partial charge in [-0.15, -0.1) is 0 Å². The Balaban J connectivity index is 2.46. The van der Waals surface area contributed by atoms with Crippen LogP contribution >= 0.6 is 0 Å². The molecule has 6 heteroatoms. The van der Waals surface area contributed by atoms with Gasteiger partial charge in [-0.3, -0.25) is 0 Å². The van der Waals surface area contributed by atoms with Crippen molar-refractivity contribution in [2.24, 2.45) is 23.7 Å². The van der Waals surface area contributed by atoms with Gasteiger partial charge in [0.2, 0.25) is 0 Å².